The Kier molecular flexibility index (Phi) is 10.5. The third kappa shape index (κ3) is 8.49. The summed E-state index contributed by atoms with van der Waals surface area (Å²) >= 11 is 13.9. The Morgan fingerprint density at radius 3 is 2.19 bits per heavy atom. The minimum atomic E-state index is -0.557. The molecule has 0 spiro atoms. The Bertz CT molecular complexity index is 1640. The zero-order valence-corrected chi connectivity index (χ0v) is 25.5. The van der Waals surface area contributed by atoms with Crippen LogP contribution in [0.15, 0.2) is 102 Å². The molecule has 0 saturated carbocycles. The number of hydrogen-bond acceptors (Lipinski definition) is 4. The molecular formula is C33H29Cl2N3O3S. The number of hydrogen-bond donors (Lipinski definition) is 3. The van der Waals surface area contributed by atoms with Gasteiger partial charge in [0.05, 0.1) is 15.3 Å². The molecule has 6 nitrogen and oxygen atoms in total. The largest absolute Gasteiger partial charge is 0.325 e. The number of halogens is 2. The van der Waals surface area contributed by atoms with Crippen LogP contribution in [-0.2, 0) is 9.59 Å². The Hall–Kier alpha value is -4.04. The molecule has 4 rings (SSSR count). The van der Waals surface area contributed by atoms with Gasteiger partial charge in [-0.25, -0.2) is 0 Å². The van der Waals surface area contributed by atoms with Gasteiger partial charge in [-0.15, -0.1) is 11.8 Å². The van der Waals surface area contributed by atoms with Crippen LogP contribution in [-0.4, -0.2) is 23.0 Å². The monoisotopic (exact) mass is 617 g/mol. The second-order valence-corrected chi connectivity index (χ2v) is 11.8. The lowest BCUT2D eigenvalue weighted by molar-refractivity contribution is -0.115. The number of amides is 3. The van der Waals surface area contributed by atoms with E-state index in [2.05, 4.69) is 16.0 Å². The van der Waals surface area contributed by atoms with Gasteiger partial charge in [-0.05, 0) is 92.1 Å². The molecule has 214 valence electrons. The van der Waals surface area contributed by atoms with E-state index in [1.165, 1.54) is 17.8 Å². The van der Waals surface area contributed by atoms with Gasteiger partial charge in [0.2, 0.25) is 5.91 Å². The van der Waals surface area contributed by atoms with E-state index in [0.29, 0.717) is 21.8 Å². The van der Waals surface area contributed by atoms with Gasteiger partial charge in [-0.3, -0.25) is 14.4 Å². The third-order valence-electron chi connectivity index (χ3n) is 6.07. The standard InChI is InChI=1S/C33H29Cl2N3O3S/c1-20-15-21(2)17-26(16-20)37-31(39)22(3)42-27-13-8-12-25(19-27)36-33(41)29(18-24-11-7-14-28(34)30(24)35)38-32(40)23-9-5-4-6-10-23/h4-19,22H,1-3H3,(H,36,41)(H,37,39)(H,38,40)/b29-18+. The highest BCUT2D eigenvalue weighted by Crippen LogP contribution is 2.29. The van der Waals surface area contributed by atoms with Crippen LogP contribution in [0.3, 0.4) is 0 Å². The van der Waals surface area contributed by atoms with Gasteiger partial charge >= 0.3 is 0 Å². The number of anilines is 2. The normalized spacial score (nSPS) is 11.9. The minimum absolute atomic E-state index is 0.0210. The highest BCUT2D eigenvalue weighted by molar-refractivity contribution is 8.00. The SMILES string of the molecule is Cc1cc(C)cc(NC(=O)C(C)Sc2cccc(NC(=O)/C(=C\c3cccc(Cl)c3Cl)NC(=O)c3ccccc3)c2)c1. The third-order valence-corrected chi connectivity index (χ3v) is 8.00. The number of thioether (sulfide) groups is 1. The molecule has 1 unspecified atom stereocenters. The van der Waals surface area contributed by atoms with E-state index in [1.807, 2.05) is 45.0 Å². The van der Waals surface area contributed by atoms with Crippen molar-refractivity contribution in [1.82, 2.24) is 5.32 Å². The first kappa shape index (κ1) is 30.9. The smallest absolute Gasteiger partial charge is 0.272 e. The molecule has 0 bridgehead atoms. The van der Waals surface area contributed by atoms with Crippen LogP contribution in [0.1, 0.15) is 34.0 Å². The highest BCUT2D eigenvalue weighted by Gasteiger charge is 2.18. The second-order valence-electron chi connectivity index (χ2n) is 9.63. The number of benzene rings is 4. The van der Waals surface area contributed by atoms with E-state index in [4.69, 9.17) is 23.2 Å². The zero-order valence-electron chi connectivity index (χ0n) is 23.2. The van der Waals surface area contributed by atoms with E-state index in [1.54, 1.807) is 66.7 Å². The molecule has 1 atom stereocenters. The van der Waals surface area contributed by atoms with Crippen molar-refractivity contribution >= 4 is 70.1 Å². The van der Waals surface area contributed by atoms with Gasteiger partial charge in [0, 0.05) is 21.8 Å². The Labute approximate surface area is 259 Å². The van der Waals surface area contributed by atoms with E-state index in [9.17, 15) is 14.4 Å². The highest BCUT2D eigenvalue weighted by atomic mass is 35.5. The van der Waals surface area contributed by atoms with Gasteiger partial charge in [0.15, 0.2) is 0 Å². The molecule has 0 saturated heterocycles. The lowest BCUT2D eigenvalue weighted by Gasteiger charge is -2.15. The molecule has 0 aromatic heterocycles. The van der Waals surface area contributed by atoms with Crippen LogP contribution in [0.4, 0.5) is 11.4 Å². The molecule has 0 aliphatic carbocycles. The predicted octanol–water partition coefficient (Wildman–Crippen LogP) is 8.14. The van der Waals surface area contributed by atoms with Crippen molar-refractivity contribution in [1.29, 1.82) is 0 Å². The van der Waals surface area contributed by atoms with Gasteiger partial charge in [-0.2, -0.15) is 0 Å². The van der Waals surface area contributed by atoms with Crippen molar-refractivity contribution < 1.29 is 14.4 Å². The maximum absolute atomic E-state index is 13.4. The van der Waals surface area contributed by atoms with Crippen LogP contribution in [0, 0.1) is 13.8 Å². The first-order chi connectivity index (χ1) is 20.1. The Balaban J connectivity index is 1.50. The maximum Gasteiger partial charge on any atom is 0.272 e. The number of carbonyl (C=O) groups excluding carboxylic acids is 3. The zero-order chi connectivity index (χ0) is 30.2. The quantitative estimate of drug-likeness (QED) is 0.131. The molecule has 9 heteroatoms. The van der Waals surface area contributed by atoms with Crippen LogP contribution in [0.25, 0.3) is 6.08 Å². The van der Waals surface area contributed by atoms with Gasteiger partial charge in [0.1, 0.15) is 5.70 Å². The van der Waals surface area contributed by atoms with Gasteiger partial charge in [-0.1, -0.05) is 65.7 Å². The van der Waals surface area contributed by atoms with Gasteiger partial charge < -0.3 is 16.0 Å². The number of rotatable bonds is 9. The molecule has 0 fully saturated rings. The lowest BCUT2D eigenvalue weighted by atomic mass is 10.1. The molecule has 3 N–H and O–H groups in total. The summed E-state index contributed by atoms with van der Waals surface area (Å²) in [6.07, 6.45) is 1.47. The summed E-state index contributed by atoms with van der Waals surface area (Å²) in [6, 6.07) is 26.6. The molecule has 0 aliphatic heterocycles. The van der Waals surface area contributed by atoms with E-state index < -0.39 is 17.1 Å². The van der Waals surface area contributed by atoms with Crippen LogP contribution >= 0.6 is 35.0 Å². The van der Waals surface area contributed by atoms with Crippen molar-refractivity contribution in [2.45, 2.75) is 30.9 Å². The first-order valence-corrected chi connectivity index (χ1v) is 14.7. The molecule has 4 aromatic rings. The minimum Gasteiger partial charge on any atom is -0.325 e. The summed E-state index contributed by atoms with van der Waals surface area (Å²) in [5.41, 5.74) is 4.22. The second kappa shape index (κ2) is 14.2. The summed E-state index contributed by atoms with van der Waals surface area (Å²) in [4.78, 5) is 40.0. The fourth-order valence-corrected chi connectivity index (χ4v) is 5.41. The van der Waals surface area contributed by atoms with Crippen LogP contribution < -0.4 is 16.0 Å². The van der Waals surface area contributed by atoms with Crippen molar-refractivity contribution in [3.05, 3.63) is 129 Å². The molecule has 0 aliphatic rings. The summed E-state index contributed by atoms with van der Waals surface area (Å²) in [6.45, 7) is 5.79. The Morgan fingerprint density at radius 2 is 1.48 bits per heavy atom. The fourth-order valence-electron chi connectivity index (χ4n) is 4.12. The van der Waals surface area contributed by atoms with E-state index in [-0.39, 0.29) is 16.6 Å². The summed E-state index contributed by atoms with van der Waals surface area (Å²) < 4.78 is 0. The fraction of sp³-hybridized carbons (Fsp3) is 0.121. The first-order valence-electron chi connectivity index (χ1n) is 13.1. The topological polar surface area (TPSA) is 87.3 Å². The van der Waals surface area contributed by atoms with E-state index in [0.717, 1.165) is 21.7 Å². The average molecular weight is 619 g/mol. The number of nitrogens with one attached hydrogen (secondary N) is 3. The molecule has 4 aromatic carbocycles. The van der Waals surface area contributed by atoms with Crippen molar-refractivity contribution in [3.63, 3.8) is 0 Å². The number of carbonyl (C=O) groups is 3. The van der Waals surface area contributed by atoms with Crippen molar-refractivity contribution in [2.75, 3.05) is 10.6 Å². The van der Waals surface area contributed by atoms with Crippen molar-refractivity contribution in [2.24, 2.45) is 0 Å². The Morgan fingerprint density at radius 1 is 0.786 bits per heavy atom. The number of aryl methyl sites for hydroxylation is 2. The summed E-state index contributed by atoms with van der Waals surface area (Å²) in [5.74, 6) is -1.15. The molecule has 0 radical (unpaired) electrons. The molecule has 42 heavy (non-hydrogen) atoms. The molecule has 0 heterocycles. The van der Waals surface area contributed by atoms with Crippen LogP contribution in [0.5, 0.6) is 0 Å². The van der Waals surface area contributed by atoms with E-state index >= 15 is 0 Å². The summed E-state index contributed by atoms with van der Waals surface area (Å²) in [7, 11) is 0. The van der Waals surface area contributed by atoms with Crippen molar-refractivity contribution in [3.8, 4) is 0 Å². The maximum atomic E-state index is 13.4. The lowest BCUT2D eigenvalue weighted by Crippen LogP contribution is -2.30. The van der Waals surface area contributed by atoms with Crippen LogP contribution in [0.2, 0.25) is 10.0 Å². The van der Waals surface area contributed by atoms with Gasteiger partial charge in [0.25, 0.3) is 11.8 Å². The summed E-state index contributed by atoms with van der Waals surface area (Å²) in [5, 5.41) is 8.67. The molecular weight excluding hydrogens is 589 g/mol. The average Bonchev–Trinajstić information content (AvgIpc) is 2.95. The predicted molar refractivity (Wildman–Crippen MR) is 173 cm³/mol. The molecule has 3 amide bonds.